The van der Waals surface area contributed by atoms with Crippen LogP contribution in [0.15, 0.2) is 42.5 Å². The minimum atomic E-state index is -0.0267. The molecule has 4 heteroatoms. The van der Waals surface area contributed by atoms with Crippen LogP contribution in [-0.2, 0) is 4.79 Å². The lowest BCUT2D eigenvalue weighted by molar-refractivity contribution is -0.116. The Balaban J connectivity index is 1.74. The first-order valence-corrected chi connectivity index (χ1v) is 7.40. The lowest BCUT2D eigenvalue weighted by Gasteiger charge is -2.10. The van der Waals surface area contributed by atoms with E-state index < -0.39 is 0 Å². The zero-order valence-electron chi connectivity index (χ0n) is 13.1. The van der Waals surface area contributed by atoms with E-state index >= 15 is 0 Å². The second-order valence-electron chi connectivity index (χ2n) is 5.33. The van der Waals surface area contributed by atoms with Gasteiger partial charge in [0.1, 0.15) is 5.75 Å². The van der Waals surface area contributed by atoms with Crippen LogP contribution in [-0.4, -0.2) is 12.5 Å². The Labute approximate surface area is 131 Å². The van der Waals surface area contributed by atoms with Crippen LogP contribution in [0, 0.1) is 13.8 Å². The number of anilines is 2. The van der Waals surface area contributed by atoms with Gasteiger partial charge in [0.2, 0.25) is 5.91 Å². The highest BCUT2D eigenvalue weighted by molar-refractivity contribution is 5.92. The van der Waals surface area contributed by atoms with Crippen molar-refractivity contribution in [2.24, 2.45) is 0 Å². The second-order valence-corrected chi connectivity index (χ2v) is 5.33. The molecule has 3 N–H and O–H groups in total. The summed E-state index contributed by atoms with van der Waals surface area (Å²) in [4.78, 5) is 11.9. The number of benzene rings is 2. The SMILES string of the molecule is Cc1ccc(OCCCC(=O)Nc2cccc(N)c2C)cc1. The summed E-state index contributed by atoms with van der Waals surface area (Å²) < 4.78 is 5.60. The van der Waals surface area contributed by atoms with Crippen molar-refractivity contribution in [2.75, 3.05) is 17.7 Å². The average Bonchev–Trinajstić information content (AvgIpc) is 2.50. The summed E-state index contributed by atoms with van der Waals surface area (Å²) in [5, 5.41) is 2.88. The molecule has 0 saturated heterocycles. The number of hydrogen-bond donors (Lipinski definition) is 2. The van der Waals surface area contributed by atoms with Gasteiger partial charge in [-0.2, -0.15) is 0 Å². The second kappa shape index (κ2) is 7.50. The van der Waals surface area contributed by atoms with Gasteiger partial charge in [0.15, 0.2) is 0 Å². The van der Waals surface area contributed by atoms with E-state index in [0.717, 1.165) is 17.0 Å². The standard InChI is InChI=1S/C18H22N2O2/c1-13-8-10-15(11-9-13)22-12-4-7-18(21)20-17-6-3-5-16(19)14(17)2/h3,5-6,8-11H,4,7,12,19H2,1-2H3,(H,20,21). The first-order chi connectivity index (χ1) is 10.6. The molecule has 2 aromatic rings. The minimum Gasteiger partial charge on any atom is -0.494 e. The number of ether oxygens (including phenoxy) is 1. The zero-order chi connectivity index (χ0) is 15.9. The van der Waals surface area contributed by atoms with Crippen molar-refractivity contribution in [3.8, 4) is 5.75 Å². The van der Waals surface area contributed by atoms with Crippen LogP contribution < -0.4 is 15.8 Å². The third kappa shape index (κ3) is 4.52. The maximum absolute atomic E-state index is 11.9. The normalized spacial score (nSPS) is 10.3. The summed E-state index contributed by atoms with van der Waals surface area (Å²) in [6.45, 7) is 4.45. The highest BCUT2D eigenvalue weighted by atomic mass is 16.5. The van der Waals surface area contributed by atoms with Crippen molar-refractivity contribution >= 4 is 17.3 Å². The Morgan fingerprint density at radius 3 is 2.59 bits per heavy atom. The van der Waals surface area contributed by atoms with Crippen LogP contribution in [0.4, 0.5) is 11.4 Å². The van der Waals surface area contributed by atoms with Crippen molar-refractivity contribution in [2.45, 2.75) is 26.7 Å². The van der Waals surface area contributed by atoms with Gasteiger partial charge in [-0.1, -0.05) is 23.8 Å². The molecule has 0 saturated carbocycles. The molecule has 0 unspecified atom stereocenters. The van der Waals surface area contributed by atoms with E-state index in [0.29, 0.717) is 25.1 Å². The maximum Gasteiger partial charge on any atom is 0.224 e. The van der Waals surface area contributed by atoms with E-state index in [2.05, 4.69) is 5.32 Å². The van der Waals surface area contributed by atoms with E-state index in [1.807, 2.05) is 56.3 Å². The van der Waals surface area contributed by atoms with Gasteiger partial charge >= 0.3 is 0 Å². The van der Waals surface area contributed by atoms with Gasteiger partial charge in [0, 0.05) is 17.8 Å². The summed E-state index contributed by atoms with van der Waals surface area (Å²) in [5.74, 6) is 0.805. The molecule has 2 rings (SSSR count). The Morgan fingerprint density at radius 2 is 1.86 bits per heavy atom. The molecule has 0 aliphatic heterocycles. The highest BCUT2D eigenvalue weighted by Gasteiger charge is 2.06. The monoisotopic (exact) mass is 298 g/mol. The maximum atomic E-state index is 11.9. The summed E-state index contributed by atoms with van der Waals surface area (Å²) in [6.07, 6.45) is 1.08. The van der Waals surface area contributed by atoms with Gasteiger partial charge in [-0.05, 0) is 50.1 Å². The minimum absolute atomic E-state index is 0.0267. The Bertz CT molecular complexity index is 636. The molecular formula is C18H22N2O2. The van der Waals surface area contributed by atoms with E-state index in [-0.39, 0.29) is 5.91 Å². The third-order valence-electron chi connectivity index (χ3n) is 3.49. The van der Waals surface area contributed by atoms with E-state index in [1.165, 1.54) is 5.56 Å². The molecule has 0 radical (unpaired) electrons. The quantitative estimate of drug-likeness (QED) is 0.631. The van der Waals surface area contributed by atoms with Crippen LogP contribution in [0.5, 0.6) is 5.75 Å². The fourth-order valence-electron chi connectivity index (χ4n) is 2.06. The highest BCUT2D eigenvalue weighted by Crippen LogP contribution is 2.20. The summed E-state index contributed by atoms with van der Waals surface area (Å²) in [6, 6.07) is 13.4. The van der Waals surface area contributed by atoms with Crippen LogP contribution in [0.1, 0.15) is 24.0 Å². The lowest BCUT2D eigenvalue weighted by Crippen LogP contribution is -2.14. The number of nitrogens with two attached hydrogens (primary N) is 1. The summed E-state index contributed by atoms with van der Waals surface area (Å²) >= 11 is 0. The predicted molar refractivity (Wildman–Crippen MR) is 90.1 cm³/mol. The molecule has 116 valence electrons. The molecule has 0 spiro atoms. The summed E-state index contributed by atoms with van der Waals surface area (Å²) in [7, 11) is 0. The zero-order valence-corrected chi connectivity index (χ0v) is 13.1. The third-order valence-corrected chi connectivity index (χ3v) is 3.49. The van der Waals surface area contributed by atoms with Crippen molar-refractivity contribution < 1.29 is 9.53 Å². The summed E-state index contributed by atoms with van der Waals surface area (Å²) in [5.41, 5.74) is 9.36. The molecule has 0 bridgehead atoms. The van der Waals surface area contributed by atoms with Crippen molar-refractivity contribution in [1.82, 2.24) is 0 Å². The van der Waals surface area contributed by atoms with Crippen LogP contribution in [0.2, 0.25) is 0 Å². The lowest BCUT2D eigenvalue weighted by atomic mass is 10.1. The van der Waals surface area contributed by atoms with Crippen molar-refractivity contribution in [1.29, 1.82) is 0 Å². The molecule has 0 aromatic heterocycles. The smallest absolute Gasteiger partial charge is 0.224 e. The first-order valence-electron chi connectivity index (χ1n) is 7.40. The fraction of sp³-hybridized carbons (Fsp3) is 0.278. The van der Waals surface area contributed by atoms with E-state index in [4.69, 9.17) is 10.5 Å². The van der Waals surface area contributed by atoms with Gasteiger partial charge in [-0.3, -0.25) is 4.79 Å². The van der Waals surface area contributed by atoms with E-state index in [9.17, 15) is 4.79 Å². The van der Waals surface area contributed by atoms with Crippen molar-refractivity contribution in [3.05, 3.63) is 53.6 Å². The molecule has 0 fully saturated rings. The van der Waals surface area contributed by atoms with Gasteiger partial charge < -0.3 is 15.8 Å². The molecular weight excluding hydrogens is 276 g/mol. The molecule has 0 atom stereocenters. The van der Waals surface area contributed by atoms with Gasteiger partial charge in [-0.25, -0.2) is 0 Å². The number of aryl methyl sites for hydroxylation is 1. The number of hydrogen-bond acceptors (Lipinski definition) is 3. The molecule has 22 heavy (non-hydrogen) atoms. The average molecular weight is 298 g/mol. The van der Waals surface area contributed by atoms with Crippen LogP contribution >= 0.6 is 0 Å². The first kappa shape index (κ1) is 15.9. The molecule has 0 aliphatic carbocycles. The number of nitrogens with one attached hydrogen (secondary N) is 1. The number of amides is 1. The fourth-order valence-corrected chi connectivity index (χ4v) is 2.06. The molecule has 1 amide bonds. The molecule has 4 nitrogen and oxygen atoms in total. The number of nitrogen functional groups attached to an aromatic ring is 1. The Morgan fingerprint density at radius 1 is 1.14 bits per heavy atom. The predicted octanol–water partition coefficient (Wildman–Crippen LogP) is 3.68. The number of carbonyl (C=O) groups is 1. The Hall–Kier alpha value is -2.49. The van der Waals surface area contributed by atoms with E-state index in [1.54, 1.807) is 0 Å². The molecule has 0 aliphatic rings. The van der Waals surface area contributed by atoms with Crippen LogP contribution in [0.3, 0.4) is 0 Å². The van der Waals surface area contributed by atoms with Gasteiger partial charge in [0.05, 0.1) is 6.61 Å². The van der Waals surface area contributed by atoms with Crippen LogP contribution in [0.25, 0.3) is 0 Å². The number of carbonyl (C=O) groups excluding carboxylic acids is 1. The Kier molecular flexibility index (Phi) is 5.42. The largest absolute Gasteiger partial charge is 0.494 e. The van der Waals surface area contributed by atoms with Gasteiger partial charge in [0.25, 0.3) is 0 Å². The topological polar surface area (TPSA) is 64.3 Å². The molecule has 0 heterocycles. The van der Waals surface area contributed by atoms with Crippen molar-refractivity contribution in [3.63, 3.8) is 0 Å². The van der Waals surface area contributed by atoms with Gasteiger partial charge in [-0.15, -0.1) is 0 Å². The number of rotatable bonds is 6. The molecule has 2 aromatic carbocycles.